The van der Waals surface area contributed by atoms with Gasteiger partial charge in [-0.3, -0.25) is 4.79 Å². The predicted octanol–water partition coefficient (Wildman–Crippen LogP) is 4.72. The molecule has 0 bridgehead atoms. The van der Waals surface area contributed by atoms with Crippen LogP contribution in [-0.2, 0) is 4.79 Å². The maximum Gasteiger partial charge on any atom is 0.226 e. The number of amides is 1. The van der Waals surface area contributed by atoms with E-state index in [-0.39, 0.29) is 5.91 Å². The Kier molecular flexibility index (Phi) is 4.78. The summed E-state index contributed by atoms with van der Waals surface area (Å²) in [6.07, 6.45) is 0.525. The van der Waals surface area contributed by atoms with E-state index in [0.717, 1.165) is 16.1 Å². The highest BCUT2D eigenvalue weighted by Crippen LogP contribution is 2.31. The summed E-state index contributed by atoms with van der Waals surface area (Å²) in [7, 11) is 0. The van der Waals surface area contributed by atoms with E-state index in [1.807, 2.05) is 20.8 Å². The molecule has 112 valence electrons. The van der Waals surface area contributed by atoms with Gasteiger partial charge in [-0.25, -0.2) is 4.98 Å². The van der Waals surface area contributed by atoms with E-state index >= 15 is 0 Å². The molecule has 1 aromatic carbocycles. The smallest absolute Gasteiger partial charge is 0.226 e. The van der Waals surface area contributed by atoms with Crippen LogP contribution in [-0.4, -0.2) is 10.9 Å². The third-order valence-electron chi connectivity index (χ3n) is 3.42. The average molecular weight is 302 g/mol. The Hall–Kier alpha value is -1.68. The molecule has 0 atom stereocenters. The molecule has 0 saturated heterocycles. The van der Waals surface area contributed by atoms with Crippen molar-refractivity contribution in [3.8, 4) is 11.3 Å². The van der Waals surface area contributed by atoms with Crippen LogP contribution in [0.5, 0.6) is 0 Å². The van der Waals surface area contributed by atoms with Gasteiger partial charge in [-0.15, -0.1) is 11.3 Å². The van der Waals surface area contributed by atoms with Crippen molar-refractivity contribution >= 4 is 22.4 Å². The predicted molar refractivity (Wildman–Crippen MR) is 89.8 cm³/mol. The molecule has 1 heterocycles. The molecule has 21 heavy (non-hydrogen) atoms. The largest absolute Gasteiger partial charge is 0.302 e. The quantitative estimate of drug-likeness (QED) is 0.888. The number of anilines is 1. The molecule has 1 aromatic heterocycles. The zero-order valence-electron chi connectivity index (χ0n) is 13.3. The molecule has 1 N–H and O–H groups in total. The number of benzene rings is 1. The molecule has 0 fully saturated rings. The van der Waals surface area contributed by atoms with Crippen molar-refractivity contribution in [2.45, 2.75) is 41.0 Å². The first-order valence-corrected chi connectivity index (χ1v) is 8.03. The topological polar surface area (TPSA) is 42.0 Å². The summed E-state index contributed by atoms with van der Waals surface area (Å²) in [5.74, 6) is 0.385. The van der Waals surface area contributed by atoms with Crippen molar-refractivity contribution in [3.63, 3.8) is 0 Å². The van der Waals surface area contributed by atoms with Crippen LogP contribution >= 0.6 is 11.3 Å². The summed E-state index contributed by atoms with van der Waals surface area (Å²) in [5, 5.41) is 3.59. The molecule has 0 unspecified atom stereocenters. The van der Waals surface area contributed by atoms with Gasteiger partial charge in [-0.2, -0.15) is 0 Å². The SMILES string of the molecule is Cc1ccc(-c2nc(NC(=O)CC(C)C)sc2C)cc1C. The number of carbonyl (C=O) groups is 1. The summed E-state index contributed by atoms with van der Waals surface area (Å²) >= 11 is 1.53. The van der Waals surface area contributed by atoms with E-state index in [9.17, 15) is 4.79 Å². The first kappa shape index (κ1) is 15.7. The number of aromatic nitrogens is 1. The molecule has 4 heteroatoms. The zero-order valence-corrected chi connectivity index (χ0v) is 14.1. The second-order valence-electron chi connectivity index (χ2n) is 5.87. The minimum Gasteiger partial charge on any atom is -0.302 e. The molecule has 3 nitrogen and oxygen atoms in total. The number of hydrogen-bond donors (Lipinski definition) is 1. The molecule has 0 saturated carbocycles. The second-order valence-corrected chi connectivity index (χ2v) is 7.07. The Balaban J connectivity index is 2.22. The Morgan fingerprint density at radius 3 is 2.57 bits per heavy atom. The van der Waals surface area contributed by atoms with Gasteiger partial charge in [0.05, 0.1) is 5.69 Å². The van der Waals surface area contributed by atoms with Gasteiger partial charge in [0.1, 0.15) is 0 Å². The Morgan fingerprint density at radius 1 is 1.24 bits per heavy atom. The molecule has 0 aliphatic heterocycles. The van der Waals surface area contributed by atoms with Gasteiger partial charge in [-0.05, 0) is 43.9 Å². The number of nitrogens with one attached hydrogen (secondary N) is 1. The Bertz CT molecular complexity index is 659. The number of aryl methyl sites for hydroxylation is 3. The number of thiazole rings is 1. The van der Waals surface area contributed by atoms with Crippen molar-refractivity contribution in [1.82, 2.24) is 4.98 Å². The monoisotopic (exact) mass is 302 g/mol. The van der Waals surface area contributed by atoms with Crippen LogP contribution in [0.1, 0.15) is 36.3 Å². The van der Waals surface area contributed by atoms with Gasteiger partial charge in [0.15, 0.2) is 5.13 Å². The maximum atomic E-state index is 11.8. The lowest BCUT2D eigenvalue weighted by Gasteiger charge is -2.04. The average Bonchev–Trinajstić information content (AvgIpc) is 2.72. The van der Waals surface area contributed by atoms with Crippen molar-refractivity contribution in [2.24, 2.45) is 5.92 Å². The van der Waals surface area contributed by atoms with Crippen LogP contribution in [0.4, 0.5) is 5.13 Å². The van der Waals surface area contributed by atoms with Gasteiger partial charge in [0.2, 0.25) is 5.91 Å². The van der Waals surface area contributed by atoms with E-state index < -0.39 is 0 Å². The first-order valence-electron chi connectivity index (χ1n) is 7.21. The van der Waals surface area contributed by atoms with Crippen LogP contribution in [0.25, 0.3) is 11.3 Å². The maximum absolute atomic E-state index is 11.8. The van der Waals surface area contributed by atoms with Crippen LogP contribution in [0.2, 0.25) is 0 Å². The van der Waals surface area contributed by atoms with Gasteiger partial charge < -0.3 is 5.32 Å². The van der Waals surface area contributed by atoms with Crippen molar-refractivity contribution in [2.75, 3.05) is 5.32 Å². The van der Waals surface area contributed by atoms with Gasteiger partial charge in [0.25, 0.3) is 0 Å². The summed E-state index contributed by atoms with van der Waals surface area (Å²) in [5.41, 5.74) is 4.60. The Labute approximate surface area is 130 Å². The molecule has 0 aliphatic carbocycles. The molecule has 0 spiro atoms. The van der Waals surface area contributed by atoms with Crippen LogP contribution < -0.4 is 5.32 Å². The summed E-state index contributed by atoms with van der Waals surface area (Å²) < 4.78 is 0. The third kappa shape index (κ3) is 3.91. The Morgan fingerprint density at radius 2 is 1.95 bits per heavy atom. The molecule has 1 amide bonds. The normalized spacial score (nSPS) is 11.0. The molecule has 2 aromatic rings. The molecule has 0 radical (unpaired) electrons. The number of hydrogen-bond acceptors (Lipinski definition) is 3. The standard InChI is InChI=1S/C17H22N2OS/c1-10(2)8-15(20)18-17-19-16(13(5)21-17)14-7-6-11(3)12(4)9-14/h6-7,9-10H,8H2,1-5H3,(H,18,19,20). The fourth-order valence-electron chi connectivity index (χ4n) is 2.15. The van der Waals surface area contributed by atoms with Gasteiger partial charge >= 0.3 is 0 Å². The minimum absolute atomic E-state index is 0.0328. The van der Waals surface area contributed by atoms with E-state index in [1.54, 1.807) is 0 Å². The lowest BCUT2D eigenvalue weighted by atomic mass is 10.0. The highest BCUT2D eigenvalue weighted by Gasteiger charge is 2.13. The van der Waals surface area contributed by atoms with Gasteiger partial charge in [0, 0.05) is 16.9 Å². The fraction of sp³-hybridized carbons (Fsp3) is 0.412. The minimum atomic E-state index is 0.0328. The highest BCUT2D eigenvalue weighted by atomic mass is 32.1. The van der Waals surface area contributed by atoms with E-state index in [1.165, 1.54) is 22.5 Å². The third-order valence-corrected chi connectivity index (χ3v) is 4.30. The molecular weight excluding hydrogens is 280 g/mol. The first-order chi connectivity index (χ1) is 9.86. The van der Waals surface area contributed by atoms with E-state index in [0.29, 0.717) is 17.5 Å². The lowest BCUT2D eigenvalue weighted by Crippen LogP contribution is -2.13. The number of rotatable bonds is 4. The van der Waals surface area contributed by atoms with E-state index in [4.69, 9.17) is 0 Å². The molecule has 0 aliphatic rings. The second kappa shape index (κ2) is 6.39. The summed E-state index contributed by atoms with van der Waals surface area (Å²) in [6.45, 7) is 10.3. The number of nitrogens with zero attached hydrogens (tertiary/aromatic N) is 1. The summed E-state index contributed by atoms with van der Waals surface area (Å²) in [6, 6.07) is 6.35. The lowest BCUT2D eigenvalue weighted by molar-refractivity contribution is -0.116. The van der Waals surface area contributed by atoms with Crippen LogP contribution in [0, 0.1) is 26.7 Å². The van der Waals surface area contributed by atoms with Crippen LogP contribution in [0.3, 0.4) is 0 Å². The zero-order chi connectivity index (χ0) is 15.6. The van der Waals surface area contributed by atoms with Crippen LogP contribution in [0.15, 0.2) is 18.2 Å². The number of carbonyl (C=O) groups excluding carboxylic acids is 1. The molecule has 2 rings (SSSR count). The highest BCUT2D eigenvalue weighted by molar-refractivity contribution is 7.16. The van der Waals surface area contributed by atoms with Crippen molar-refractivity contribution in [3.05, 3.63) is 34.2 Å². The summed E-state index contributed by atoms with van der Waals surface area (Å²) in [4.78, 5) is 17.5. The molecular formula is C17H22N2OS. The van der Waals surface area contributed by atoms with Crippen molar-refractivity contribution < 1.29 is 4.79 Å². The fourth-order valence-corrected chi connectivity index (χ4v) is 3.00. The van der Waals surface area contributed by atoms with Crippen molar-refractivity contribution in [1.29, 1.82) is 0 Å². The van der Waals surface area contributed by atoms with Gasteiger partial charge in [-0.1, -0.05) is 26.0 Å². The van der Waals surface area contributed by atoms with E-state index in [2.05, 4.69) is 42.3 Å².